The molecule has 2 fully saturated rings. The molecule has 1 heterocycles. The van der Waals surface area contributed by atoms with Crippen molar-refractivity contribution in [1.82, 2.24) is 10.3 Å². The van der Waals surface area contributed by atoms with Crippen LogP contribution in [0.5, 0.6) is 5.75 Å². The topological polar surface area (TPSA) is 65.4 Å². The first-order valence-electron chi connectivity index (χ1n) is 14.2. The number of hydrogen-bond acceptors (Lipinski definition) is 4. The second kappa shape index (κ2) is 11.0. The zero-order valence-electron chi connectivity index (χ0n) is 21.5. The van der Waals surface area contributed by atoms with Crippen molar-refractivity contribution in [3.8, 4) is 5.75 Å². The molecule has 190 valence electrons. The molecule has 3 aliphatic rings. The van der Waals surface area contributed by atoms with Crippen molar-refractivity contribution in [2.75, 3.05) is 13.1 Å². The molecule has 2 saturated carbocycles. The molecule has 6 atom stereocenters. The number of phenolic OH excluding ortho intramolecular Hbond substituents is 1. The van der Waals surface area contributed by atoms with Gasteiger partial charge in [0.1, 0.15) is 5.75 Å². The van der Waals surface area contributed by atoms with E-state index in [-0.39, 0.29) is 11.5 Å². The largest absolute Gasteiger partial charge is 0.508 e. The predicted molar refractivity (Wildman–Crippen MR) is 141 cm³/mol. The van der Waals surface area contributed by atoms with Crippen LogP contribution in [0.3, 0.4) is 0 Å². The Kier molecular flexibility index (Phi) is 7.79. The van der Waals surface area contributed by atoms with Crippen molar-refractivity contribution in [3.63, 3.8) is 0 Å². The van der Waals surface area contributed by atoms with Crippen molar-refractivity contribution in [3.05, 3.63) is 59.4 Å². The zero-order chi connectivity index (χ0) is 24.3. The SMILES string of the molecule is C[C@]12CC[C@@H]3c4ccc(O)cc4CC[C@H]3[C@@H]1CC(CCCCCCNCCc1ccccn1)[C@@H]2O. The van der Waals surface area contributed by atoms with Crippen LogP contribution in [0.15, 0.2) is 42.6 Å². The monoisotopic (exact) mass is 476 g/mol. The Hall–Kier alpha value is -1.91. The van der Waals surface area contributed by atoms with Crippen LogP contribution >= 0.6 is 0 Å². The van der Waals surface area contributed by atoms with Crippen LogP contribution in [0, 0.1) is 23.2 Å². The number of pyridine rings is 1. The fourth-order valence-corrected chi connectivity index (χ4v) is 7.89. The number of benzene rings is 1. The summed E-state index contributed by atoms with van der Waals surface area (Å²) in [7, 11) is 0. The van der Waals surface area contributed by atoms with Gasteiger partial charge in [-0.2, -0.15) is 0 Å². The van der Waals surface area contributed by atoms with Gasteiger partial charge in [0, 0.05) is 24.9 Å². The quantitative estimate of drug-likeness (QED) is 0.367. The summed E-state index contributed by atoms with van der Waals surface area (Å²) in [5.41, 5.74) is 4.09. The van der Waals surface area contributed by atoms with E-state index in [0.717, 1.165) is 38.0 Å². The van der Waals surface area contributed by atoms with Gasteiger partial charge >= 0.3 is 0 Å². The highest BCUT2D eigenvalue weighted by molar-refractivity contribution is 5.40. The molecule has 0 radical (unpaired) electrons. The van der Waals surface area contributed by atoms with Crippen molar-refractivity contribution >= 4 is 0 Å². The smallest absolute Gasteiger partial charge is 0.115 e. The first-order chi connectivity index (χ1) is 17.1. The van der Waals surface area contributed by atoms with E-state index in [1.54, 1.807) is 0 Å². The van der Waals surface area contributed by atoms with Crippen LogP contribution in [-0.2, 0) is 12.8 Å². The molecule has 1 aromatic heterocycles. The summed E-state index contributed by atoms with van der Waals surface area (Å²) in [5.74, 6) is 2.84. The lowest BCUT2D eigenvalue weighted by molar-refractivity contribution is -0.0335. The first kappa shape index (κ1) is 24.8. The number of aromatic hydroxyl groups is 1. The van der Waals surface area contributed by atoms with Crippen LogP contribution in [0.2, 0.25) is 0 Å². The lowest BCUT2D eigenvalue weighted by Crippen LogP contribution is -2.44. The minimum Gasteiger partial charge on any atom is -0.508 e. The number of nitrogens with one attached hydrogen (secondary N) is 1. The second-order valence-corrected chi connectivity index (χ2v) is 11.8. The molecular weight excluding hydrogens is 432 g/mol. The van der Waals surface area contributed by atoms with E-state index in [0.29, 0.717) is 29.4 Å². The standard InChI is InChI=1S/C31H44N2O2/c1-31-16-14-27-26-13-11-25(34)20-22(26)10-12-28(27)29(31)21-23(30(31)35)8-4-2-3-6-17-32-19-15-24-9-5-7-18-33-24/h5,7,9,11,13,18,20,23,27-30,32,34-35H,2-4,6,8,10,12,14-17,19,21H2,1H3/t23?,27-,28-,29+,30+,31+/m1/s1. The number of aliphatic hydroxyl groups is 1. The predicted octanol–water partition coefficient (Wildman–Crippen LogP) is 6.01. The van der Waals surface area contributed by atoms with Crippen LogP contribution < -0.4 is 5.32 Å². The Morgan fingerprint density at radius 3 is 2.80 bits per heavy atom. The molecule has 5 rings (SSSR count). The van der Waals surface area contributed by atoms with Crippen LogP contribution in [-0.4, -0.2) is 34.4 Å². The highest BCUT2D eigenvalue weighted by atomic mass is 16.3. The molecule has 1 unspecified atom stereocenters. The summed E-state index contributed by atoms with van der Waals surface area (Å²) < 4.78 is 0. The normalized spacial score (nSPS) is 31.5. The van der Waals surface area contributed by atoms with Gasteiger partial charge in [0.15, 0.2) is 0 Å². The van der Waals surface area contributed by atoms with Crippen LogP contribution in [0.4, 0.5) is 0 Å². The van der Waals surface area contributed by atoms with Crippen LogP contribution in [0.1, 0.15) is 87.4 Å². The molecule has 0 amide bonds. The van der Waals surface area contributed by atoms with E-state index < -0.39 is 0 Å². The third kappa shape index (κ3) is 5.29. The number of hydrogen-bond donors (Lipinski definition) is 3. The summed E-state index contributed by atoms with van der Waals surface area (Å²) in [5, 5.41) is 24.9. The van der Waals surface area contributed by atoms with Crippen LogP contribution in [0.25, 0.3) is 0 Å². The summed E-state index contributed by atoms with van der Waals surface area (Å²) in [6.07, 6.45) is 14.8. The number of rotatable bonds is 10. The molecule has 4 heteroatoms. The van der Waals surface area contributed by atoms with E-state index in [4.69, 9.17) is 0 Å². The summed E-state index contributed by atoms with van der Waals surface area (Å²) in [6, 6.07) is 12.2. The second-order valence-electron chi connectivity index (χ2n) is 11.8. The van der Waals surface area contributed by atoms with Gasteiger partial charge < -0.3 is 15.5 Å². The molecule has 0 bridgehead atoms. The van der Waals surface area contributed by atoms with Crippen molar-refractivity contribution in [2.45, 2.75) is 89.6 Å². The van der Waals surface area contributed by atoms with Gasteiger partial charge in [0.25, 0.3) is 0 Å². The number of nitrogens with zero attached hydrogens (tertiary/aromatic N) is 1. The zero-order valence-corrected chi connectivity index (χ0v) is 21.5. The number of unbranched alkanes of at least 4 members (excludes halogenated alkanes) is 3. The summed E-state index contributed by atoms with van der Waals surface area (Å²) in [4.78, 5) is 4.38. The van der Waals surface area contributed by atoms with E-state index in [1.165, 1.54) is 62.5 Å². The number of fused-ring (bicyclic) bond motifs is 5. The maximum Gasteiger partial charge on any atom is 0.115 e. The van der Waals surface area contributed by atoms with Crippen molar-refractivity contribution in [1.29, 1.82) is 0 Å². The molecule has 3 N–H and O–H groups in total. The lowest BCUT2D eigenvalue weighted by Gasteiger charge is -2.50. The van der Waals surface area contributed by atoms with Gasteiger partial charge in [-0.15, -0.1) is 0 Å². The molecule has 35 heavy (non-hydrogen) atoms. The van der Waals surface area contributed by atoms with Gasteiger partial charge in [-0.3, -0.25) is 4.98 Å². The van der Waals surface area contributed by atoms with E-state index in [9.17, 15) is 10.2 Å². The van der Waals surface area contributed by atoms with E-state index >= 15 is 0 Å². The molecule has 0 spiro atoms. The average Bonchev–Trinajstić information content (AvgIpc) is 3.13. The number of phenols is 1. The minimum atomic E-state index is -0.136. The maximum absolute atomic E-state index is 11.4. The molecule has 0 saturated heterocycles. The molecular formula is C31H44N2O2. The highest BCUT2D eigenvalue weighted by Gasteiger charge is 2.57. The maximum atomic E-state index is 11.4. The van der Waals surface area contributed by atoms with Gasteiger partial charge in [-0.25, -0.2) is 0 Å². The summed E-state index contributed by atoms with van der Waals surface area (Å²) in [6.45, 7) is 4.47. The minimum absolute atomic E-state index is 0.0950. The average molecular weight is 477 g/mol. The summed E-state index contributed by atoms with van der Waals surface area (Å²) >= 11 is 0. The van der Waals surface area contributed by atoms with Gasteiger partial charge in [-0.05, 0) is 116 Å². The fourth-order valence-electron chi connectivity index (χ4n) is 7.89. The third-order valence-corrected chi connectivity index (χ3v) is 9.79. The molecule has 3 aliphatic carbocycles. The third-order valence-electron chi connectivity index (χ3n) is 9.79. The van der Waals surface area contributed by atoms with Crippen molar-refractivity contribution < 1.29 is 10.2 Å². The first-order valence-corrected chi connectivity index (χ1v) is 14.2. The number of aromatic nitrogens is 1. The number of aryl methyl sites for hydroxylation is 1. The van der Waals surface area contributed by atoms with Gasteiger partial charge in [0.2, 0.25) is 0 Å². The van der Waals surface area contributed by atoms with E-state index in [2.05, 4.69) is 35.4 Å². The molecule has 2 aromatic rings. The Bertz CT molecular complexity index is 964. The van der Waals surface area contributed by atoms with Crippen molar-refractivity contribution in [2.24, 2.45) is 23.2 Å². The lowest BCUT2D eigenvalue weighted by atomic mass is 9.55. The van der Waals surface area contributed by atoms with Gasteiger partial charge in [0.05, 0.1) is 6.10 Å². The highest BCUT2D eigenvalue weighted by Crippen LogP contribution is 2.62. The fraction of sp³-hybridized carbons (Fsp3) is 0.645. The molecule has 0 aliphatic heterocycles. The molecule has 1 aromatic carbocycles. The van der Waals surface area contributed by atoms with E-state index in [1.807, 2.05) is 24.4 Å². The molecule has 4 nitrogen and oxygen atoms in total. The number of aliphatic hydroxyl groups excluding tert-OH is 1. The Labute approximate surface area is 211 Å². The van der Waals surface area contributed by atoms with Gasteiger partial charge in [-0.1, -0.05) is 38.3 Å². The Balaban J connectivity index is 1.04. The Morgan fingerprint density at radius 1 is 1.06 bits per heavy atom. The Morgan fingerprint density at radius 2 is 1.94 bits per heavy atom.